The minimum absolute atomic E-state index is 0.170. The maximum Gasteiger partial charge on any atom is 0.415 e. The molecule has 0 amide bonds. The molecule has 0 rings (SSSR count). The third-order valence-electron chi connectivity index (χ3n) is 1.63. The van der Waals surface area contributed by atoms with Gasteiger partial charge in [-0.15, -0.1) is 0 Å². The van der Waals surface area contributed by atoms with Crippen LogP contribution >= 0.6 is 0 Å². The fraction of sp³-hybridized carbons (Fsp3) is 0.556. The topological polar surface area (TPSA) is 0 Å². The molecule has 0 radical (unpaired) electrons. The fourth-order valence-electron chi connectivity index (χ4n) is 0.511. The number of hydrogen-bond donors (Lipinski definition) is 0. The van der Waals surface area contributed by atoms with E-state index in [1.54, 1.807) is 0 Å². The highest BCUT2D eigenvalue weighted by Gasteiger charge is 2.29. The van der Waals surface area contributed by atoms with Crippen molar-refractivity contribution >= 4 is 0 Å². The molecular formula is C9H13F3. The van der Waals surface area contributed by atoms with Gasteiger partial charge in [0.25, 0.3) is 0 Å². The highest BCUT2D eigenvalue weighted by atomic mass is 19.4. The fourth-order valence-corrected chi connectivity index (χ4v) is 0.511. The second-order valence-electron chi connectivity index (χ2n) is 2.77. The van der Waals surface area contributed by atoms with Crippen LogP contribution in [0.15, 0.2) is 24.3 Å². The lowest BCUT2D eigenvalue weighted by Crippen LogP contribution is -2.08. The molecule has 12 heavy (non-hydrogen) atoms. The van der Waals surface area contributed by atoms with Crippen molar-refractivity contribution in [3.63, 3.8) is 0 Å². The van der Waals surface area contributed by atoms with Crippen LogP contribution in [0.25, 0.3) is 0 Å². The van der Waals surface area contributed by atoms with E-state index in [-0.39, 0.29) is 5.92 Å². The standard InChI is InChI=1S/C9H13F3/c1-4-7(2)5-6-8(3)9(10,11)12/h5-7H,3-4H2,1-2H3/b6-5-. The third-order valence-corrected chi connectivity index (χ3v) is 1.63. The summed E-state index contributed by atoms with van der Waals surface area (Å²) in [5, 5.41) is 0. The van der Waals surface area contributed by atoms with Crippen LogP contribution in [0.2, 0.25) is 0 Å². The van der Waals surface area contributed by atoms with Gasteiger partial charge < -0.3 is 0 Å². The lowest BCUT2D eigenvalue weighted by molar-refractivity contribution is -0.0878. The summed E-state index contributed by atoms with van der Waals surface area (Å²) >= 11 is 0. The maximum atomic E-state index is 11.9. The number of hydrogen-bond acceptors (Lipinski definition) is 0. The van der Waals surface area contributed by atoms with E-state index in [1.807, 2.05) is 13.8 Å². The van der Waals surface area contributed by atoms with Gasteiger partial charge in [-0.3, -0.25) is 0 Å². The molecule has 0 N–H and O–H groups in total. The van der Waals surface area contributed by atoms with Crippen LogP contribution in [-0.4, -0.2) is 6.18 Å². The van der Waals surface area contributed by atoms with E-state index in [0.29, 0.717) is 0 Å². The van der Waals surface area contributed by atoms with Gasteiger partial charge in [0.1, 0.15) is 0 Å². The molecule has 0 aromatic heterocycles. The first kappa shape index (κ1) is 11.3. The van der Waals surface area contributed by atoms with E-state index in [4.69, 9.17) is 0 Å². The molecule has 0 aliphatic heterocycles. The average molecular weight is 178 g/mol. The Labute approximate surface area is 70.8 Å². The van der Waals surface area contributed by atoms with Gasteiger partial charge in [-0.2, -0.15) is 13.2 Å². The van der Waals surface area contributed by atoms with Crippen molar-refractivity contribution in [2.45, 2.75) is 26.4 Å². The van der Waals surface area contributed by atoms with Crippen molar-refractivity contribution in [1.82, 2.24) is 0 Å². The van der Waals surface area contributed by atoms with Crippen molar-refractivity contribution in [2.75, 3.05) is 0 Å². The Bertz CT molecular complexity index is 177. The van der Waals surface area contributed by atoms with Gasteiger partial charge >= 0.3 is 6.18 Å². The quantitative estimate of drug-likeness (QED) is 0.578. The van der Waals surface area contributed by atoms with Gasteiger partial charge in [0.2, 0.25) is 0 Å². The summed E-state index contributed by atoms with van der Waals surface area (Å²) in [5.74, 6) is 0.170. The van der Waals surface area contributed by atoms with Gasteiger partial charge in [0.05, 0.1) is 0 Å². The van der Waals surface area contributed by atoms with Crippen molar-refractivity contribution in [1.29, 1.82) is 0 Å². The number of rotatable bonds is 3. The number of alkyl halides is 3. The van der Waals surface area contributed by atoms with Gasteiger partial charge in [-0.1, -0.05) is 39.0 Å². The first-order valence-electron chi connectivity index (χ1n) is 3.82. The van der Waals surface area contributed by atoms with Gasteiger partial charge in [-0.25, -0.2) is 0 Å². The number of halogens is 3. The zero-order valence-electron chi connectivity index (χ0n) is 7.28. The normalized spacial score (nSPS) is 15.1. The van der Waals surface area contributed by atoms with Crippen LogP contribution < -0.4 is 0 Å². The Kier molecular flexibility index (Phi) is 4.07. The monoisotopic (exact) mass is 178 g/mol. The number of allylic oxidation sites excluding steroid dienone is 3. The molecule has 0 aromatic rings. The Balaban J connectivity index is 4.10. The average Bonchev–Trinajstić information content (AvgIpc) is 1.97. The first-order chi connectivity index (χ1) is 5.38. The summed E-state index contributed by atoms with van der Waals surface area (Å²) in [4.78, 5) is 0. The van der Waals surface area contributed by atoms with E-state index in [9.17, 15) is 13.2 Å². The smallest absolute Gasteiger partial charge is 0.166 e. The van der Waals surface area contributed by atoms with Gasteiger partial charge in [0.15, 0.2) is 0 Å². The van der Waals surface area contributed by atoms with Crippen molar-refractivity contribution in [2.24, 2.45) is 5.92 Å². The molecule has 0 saturated heterocycles. The van der Waals surface area contributed by atoms with Gasteiger partial charge in [-0.05, 0) is 5.92 Å². The Morgan fingerprint density at radius 1 is 1.50 bits per heavy atom. The molecule has 1 unspecified atom stereocenters. The van der Waals surface area contributed by atoms with Crippen molar-refractivity contribution in [3.8, 4) is 0 Å². The third kappa shape index (κ3) is 4.21. The van der Waals surface area contributed by atoms with Crippen LogP contribution in [0.5, 0.6) is 0 Å². The highest BCUT2D eigenvalue weighted by Crippen LogP contribution is 2.25. The minimum atomic E-state index is -4.29. The molecule has 0 spiro atoms. The van der Waals surface area contributed by atoms with Crippen LogP contribution in [0.4, 0.5) is 13.2 Å². The summed E-state index contributed by atoms with van der Waals surface area (Å²) < 4.78 is 35.6. The SMILES string of the molecule is C=C(/C=C\C(C)CC)C(F)(F)F. The van der Waals surface area contributed by atoms with Crippen molar-refractivity contribution in [3.05, 3.63) is 24.3 Å². The van der Waals surface area contributed by atoms with Crippen LogP contribution in [0.1, 0.15) is 20.3 Å². The van der Waals surface area contributed by atoms with Crippen LogP contribution in [0, 0.1) is 5.92 Å². The molecule has 0 nitrogen and oxygen atoms in total. The van der Waals surface area contributed by atoms with Crippen LogP contribution in [-0.2, 0) is 0 Å². The molecule has 70 valence electrons. The van der Waals surface area contributed by atoms with Crippen LogP contribution in [0.3, 0.4) is 0 Å². The summed E-state index contributed by atoms with van der Waals surface area (Å²) in [6.45, 7) is 6.70. The van der Waals surface area contributed by atoms with Gasteiger partial charge in [0, 0.05) is 5.57 Å². The molecule has 0 bridgehead atoms. The molecule has 0 heterocycles. The summed E-state index contributed by atoms with van der Waals surface area (Å²) in [6.07, 6.45) is -0.893. The highest BCUT2D eigenvalue weighted by molar-refractivity contribution is 5.19. The van der Waals surface area contributed by atoms with Crippen molar-refractivity contribution < 1.29 is 13.2 Å². The van der Waals surface area contributed by atoms with E-state index < -0.39 is 11.7 Å². The molecule has 0 saturated carbocycles. The first-order valence-corrected chi connectivity index (χ1v) is 3.82. The maximum absolute atomic E-state index is 11.9. The van der Waals surface area contributed by atoms with E-state index in [1.165, 1.54) is 6.08 Å². The van der Waals surface area contributed by atoms with E-state index >= 15 is 0 Å². The molecule has 0 aliphatic carbocycles. The summed E-state index contributed by atoms with van der Waals surface area (Å²) in [5.41, 5.74) is -0.789. The lowest BCUT2D eigenvalue weighted by atomic mass is 10.1. The molecular weight excluding hydrogens is 165 g/mol. The molecule has 0 aromatic carbocycles. The van der Waals surface area contributed by atoms with E-state index in [0.717, 1.165) is 12.5 Å². The zero-order valence-corrected chi connectivity index (χ0v) is 7.28. The molecule has 0 aliphatic rings. The molecule has 1 atom stereocenters. The largest absolute Gasteiger partial charge is 0.415 e. The summed E-state index contributed by atoms with van der Waals surface area (Å²) in [6, 6.07) is 0. The molecule has 0 fully saturated rings. The predicted octanol–water partition coefficient (Wildman–Crippen LogP) is 3.71. The predicted molar refractivity (Wildman–Crippen MR) is 43.8 cm³/mol. The Morgan fingerprint density at radius 2 is 2.00 bits per heavy atom. The lowest BCUT2D eigenvalue weighted by Gasteiger charge is -2.05. The molecule has 3 heteroatoms. The zero-order chi connectivity index (χ0) is 9.78. The second kappa shape index (κ2) is 4.33. The summed E-state index contributed by atoms with van der Waals surface area (Å²) in [7, 11) is 0. The minimum Gasteiger partial charge on any atom is -0.166 e. The second-order valence-corrected chi connectivity index (χ2v) is 2.77. The Morgan fingerprint density at radius 3 is 2.33 bits per heavy atom. The Hall–Kier alpha value is -0.730. The van der Waals surface area contributed by atoms with E-state index in [2.05, 4.69) is 6.58 Å².